The van der Waals surface area contributed by atoms with Crippen molar-refractivity contribution in [1.29, 1.82) is 0 Å². The zero-order chi connectivity index (χ0) is 16.4. The predicted molar refractivity (Wildman–Crippen MR) is 90.9 cm³/mol. The van der Waals surface area contributed by atoms with E-state index in [2.05, 4.69) is 35.7 Å². The molecule has 0 spiro atoms. The zero-order valence-electron chi connectivity index (χ0n) is 12.6. The lowest BCUT2D eigenvalue weighted by Gasteiger charge is -2.10. The van der Waals surface area contributed by atoms with Crippen LogP contribution in [-0.2, 0) is 6.54 Å². The maximum atomic E-state index is 5.92. The summed E-state index contributed by atoms with van der Waals surface area (Å²) < 4.78 is 0. The van der Waals surface area contributed by atoms with Crippen molar-refractivity contribution in [3.8, 4) is 11.4 Å². The Bertz CT molecular complexity index is 966. The summed E-state index contributed by atoms with van der Waals surface area (Å²) in [6, 6.07) is 11.3. The summed E-state index contributed by atoms with van der Waals surface area (Å²) in [7, 11) is 0. The van der Waals surface area contributed by atoms with Gasteiger partial charge < -0.3 is 11.1 Å². The number of H-pyrrole nitrogens is 1. The number of hydrogen-bond donors (Lipinski definition) is 3. The third-order valence-corrected chi connectivity index (χ3v) is 3.54. The number of hydrogen-bond acceptors (Lipinski definition) is 7. The molecule has 0 aliphatic heterocycles. The molecule has 0 radical (unpaired) electrons. The van der Waals surface area contributed by atoms with E-state index in [1.54, 1.807) is 18.5 Å². The van der Waals surface area contributed by atoms with Crippen molar-refractivity contribution in [3.05, 3.63) is 54.5 Å². The number of pyridine rings is 2. The lowest BCUT2D eigenvalue weighted by atomic mass is 10.2. The summed E-state index contributed by atoms with van der Waals surface area (Å²) in [6.45, 7) is 0.535. The Hall–Kier alpha value is -3.55. The smallest absolute Gasteiger partial charge is 0.164 e. The molecule has 0 fully saturated rings. The summed E-state index contributed by atoms with van der Waals surface area (Å²) in [5.41, 5.74) is 9.67. The van der Waals surface area contributed by atoms with Gasteiger partial charge in [-0.15, -0.1) is 0 Å². The van der Waals surface area contributed by atoms with E-state index in [0.717, 1.165) is 28.2 Å². The first-order valence-electron chi connectivity index (χ1n) is 7.37. The van der Waals surface area contributed by atoms with E-state index in [-0.39, 0.29) is 0 Å². The molecule has 0 atom stereocenters. The molecule has 118 valence electrons. The number of nitrogen functional groups attached to an aromatic ring is 1. The Balaban J connectivity index is 1.70. The van der Waals surface area contributed by atoms with Crippen LogP contribution in [0.15, 0.2) is 48.8 Å². The minimum atomic E-state index is 0.399. The number of aromatic nitrogens is 6. The Kier molecular flexibility index (Phi) is 3.47. The molecule has 0 aliphatic rings. The van der Waals surface area contributed by atoms with Crippen LogP contribution in [0.3, 0.4) is 0 Å². The number of rotatable bonds is 4. The maximum absolute atomic E-state index is 5.92. The van der Waals surface area contributed by atoms with Crippen molar-refractivity contribution in [2.45, 2.75) is 6.54 Å². The normalized spacial score (nSPS) is 10.8. The van der Waals surface area contributed by atoms with E-state index in [1.165, 1.54) is 0 Å². The highest BCUT2D eigenvalue weighted by Gasteiger charge is 2.09. The van der Waals surface area contributed by atoms with Gasteiger partial charge >= 0.3 is 0 Å². The van der Waals surface area contributed by atoms with Gasteiger partial charge in [0.2, 0.25) is 0 Å². The number of nitrogens with zero attached hydrogens (tertiary/aromatic N) is 5. The molecule has 4 rings (SSSR count). The van der Waals surface area contributed by atoms with Crippen LogP contribution in [0.1, 0.15) is 5.69 Å². The minimum absolute atomic E-state index is 0.399. The summed E-state index contributed by atoms with van der Waals surface area (Å²) in [5.74, 6) is 0.399. The first-order valence-corrected chi connectivity index (χ1v) is 7.37. The molecule has 0 aliphatic carbocycles. The summed E-state index contributed by atoms with van der Waals surface area (Å²) in [5, 5.41) is 19.0. The molecule has 0 saturated carbocycles. The number of fused-ring (bicyclic) bond motifs is 1. The van der Waals surface area contributed by atoms with Crippen LogP contribution in [-0.4, -0.2) is 30.4 Å². The first kappa shape index (κ1) is 14.1. The standard InChI is InChI=1S/C16H14N8/c17-15-8-14(18-9-10-2-1-6-19-23-10)11-3-4-12(21-16(11)22-15)13-5-7-20-24-13/h1-8H,9H2,(H,20,24)(H3,17,18,21,22). The van der Waals surface area contributed by atoms with Crippen molar-refractivity contribution in [2.75, 3.05) is 11.1 Å². The number of anilines is 2. The number of nitrogens with one attached hydrogen (secondary N) is 2. The average molecular weight is 318 g/mol. The van der Waals surface area contributed by atoms with Gasteiger partial charge in [-0.1, -0.05) is 0 Å². The third kappa shape index (κ3) is 2.72. The molecule has 0 unspecified atom stereocenters. The fourth-order valence-electron chi connectivity index (χ4n) is 2.43. The van der Waals surface area contributed by atoms with Crippen LogP contribution in [0.2, 0.25) is 0 Å². The van der Waals surface area contributed by atoms with Gasteiger partial charge in [-0.3, -0.25) is 5.10 Å². The zero-order valence-corrected chi connectivity index (χ0v) is 12.6. The third-order valence-electron chi connectivity index (χ3n) is 3.54. The van der Waals surface area contributed by atoms with Crippen LogP contribution < -0.4 is 11.1 Å². The Morgan fingerprint density at radius 1 is 1.08 bits per heavy atom. The molecular weight excluding hydrogens is 304 g/mol. The maximum Gasteiger partial charge on any atom is 0.164 e. The van der Waals surface area contributed by atoms with Crippen LogP contribution in [0.25, 0.3) is 22.4 Å². The van der Waals surface area contributed by atoms with Gasteiger partial charge in [-0.2, -0.15) is 15.3 Å². The van der Waals surface area contributed by atoms with Gasteiger partial charge in [0, 0.05) is 29.5 Å². The monoisotopic (exact) mass is 318 g/mol. The van der Waals surface area contributed by atoms with Gasteiger partial charge in [0.1, 0.15) is 11.5 Å². The lowest BCUT2D eigenvalue weighted by Crippen LogP contribution is -2.05. The number of nitrogens with two attached hydrogens (primary N) is 1. The molecule has 0 bridgehead atoms. The minimum Gasteiger partial charge on any atom is -0.384 e. The van der Waals surface area contributed by atoms with Crippen LogP contribution in [0.5, 0.6) is 0 Å². The molecular formula is C16H14N8. The molecule has 0 amide bonds. The van der Waals surface area contributed by atoms with Gasteiger partial charge in [-0.05, 0) is 30.3 Å². The van der Waals surface area contributed by atoms with E-state index >= 15 is 0 Å². The van der Waals surface area contributed by atoms with Gasteiger partial charge in [0.25, 0.3) is 0 Å². The van der Waals surface area contributed by atoms with Crippen molar-refractivity contribution in [1.82, 2.24) is 30.4 Å². The Labute approximate surface area is 137 Å². The SMILES string of the molecule is Nc1cc(NCc2cccnn2)c2ccc(-c3cc[nH]n3)nc2n1. The second kappa shape index (κ2) is 5.92. The largest absolute Gasteiger partial charge is 0.384 e. The molecule has 4 aromatic rings. The van der Waals surface area contributed by atoms with E-state index in [0.29, 0.717) is 18.0 Å². The molecule has 0 saturated heterocycles. The lowest BCUT2D eigenvalue weighted by molar-refractivity contribution is 0.925. The summed E-state index contributed by atoms with van der Waals surface area (Å²) >= 11 is 0. The van der Waals surface area contributed by atoms with Crippen molar-refractivity contribution in [2.24, 2.45) is 0 Å². The molecule has 8 heteroatoms. The van der Waals surface area contributed by atoms with Crippen LogP contribution in [0.4, 0.5) is 11.5 Å². The van der Waals surface area contributed by atoms with Gasteiger partial charge in [-0.25, -0.2) is 9.97 Å². The Morgan fingerprint density at radius 2 is 2.04 bits per heavy atom. The molecule has 24 heavy (non-hydrogen) atoms. The van der Waals surface area contributed by atoms with Crippen molar-refractivity contribution >= 4 is 22.5 Å². The molecule has 4 aromatic heterocycles. The highest BCUT2D eigenvalue weighted by Crippen LogP contribution is 2.26. The Morgan fingerprint density at radius 3 is 2.83 bits per heavy atom. The molecule has 4 N–H and O–H groups in total. The quantitative estimate of drug-likeness (QED) is 0.526. The van der Waals surface area contributed by atoms with Gasteiger partial charge in [0.15, 0.2) is 5.65 Å². The summed E-state index contributed by atoms with van der Waals surface area (Å²) in [6.07, 6.45) is 3.39. The van der Waals surface area contributed by atoms with Gasteiger partial charge in [0.05, 0.1) is 17.9 Å². The van der Waals surface area contributed by atoms with E-state index < -0.39 is 0 Å². The topological polar surface area (TPSA) is 118 Å². The number of aromatic amines is 1. The fourth-order valence-corrected chi connectivity index (χ4v) is 2.43. The second-order valence-corrected chi connectivity index (χ2v) is 5.19. The highest BCUT2D eigenvalue weighted by molar-refractivity contribution is 5.91. The van der Waals surface area contributed by atoms with Crippen molar-refractivity contribution < 1.29 is 0 Å². The second-order valence-electron chi connectivity index (χ2n) is 5.19. The summed E-state index contributed by atoms with van der Waals surface area (Å²) in [4.78, 5) is 8.88. The first-order chi connectivity index (χ1) is 11.8. The fraction of sp³-hybridized carbons (Fsp3) is 0.0625. The van der Waals surface area contributed by atoms with E-state index in [1.807, 2.05) is 30.3 Å². The van der Waals surface area contributed by atoms with Crippen molar-refractivity contribution in [3.63, 3.8) is 0 Å². The van der Waals surface area contributed by atoms with Crippen LogP contribution >= 0.6 is 0 Å². The van der Waals surface area contributed by atoms with Crippen LogP contribution in [0, 0.1) is 0 Å². The molecule has 4 heterocycles. The predicted octanol–water partition coefficient (Wildman–Crippen LogP) is 2.00. The average Bonchev–Trinajstić information content (AvgIpc) is 3.14. The van der Waals surface area contributed by atoms with E-state index in [9.17, 15) is 0 Å². The molecule has 0 aromatic carbocycles. The highest BCUT2D eigenvalue weighted by atomic mass is 15.1. The molecule has 8 nitrogen and oxygen atoms in total. The van der Waals surface area contributed by atoms with E-state index in [4.69, 9.17) is 5.73 Å².